The summed E-state index contributed by atoms with van der Waals surface area (Å²) in [6.07, 6.45) is 3.82. The zero-order valence-electron chi connectivity index (χ0n) is 15.9. The first-order valence-corrected chi connectivity index (χ1v) is 10.7. The van der Waals surface area contributed by atoms with Gasteiger partial charge in [-0.05, 0) is 50.1 Å². The van der Waals surface area contributed by atoms with Crippen molar-refractivity contribution in [2.75, 3.05) is 17.7 Å². The van der Waals surface area contributed by atoms with Gasteiger partial charge >= 0.3 is 0 Å². The minimum atomic E-state index is -0.120. The molecule has 7 nitrogen and oxygen atoms in total. The number of amides is 1. The van der Waals surface area contributed by atoms with Crippen molar-refractivity contribution in [3.05, 3.63) is 47.4 Å². The molecule has 3 aromatic rings. The average Bonchev–Trinajstić information content (AvgIpc) is 3.44. The summed E-state index contributed by atoms with van der Waals surface area (Å²) in [4.78, 5) is 12.4. The van der Waals surface area contributed by atoms with Gasteiger partial charge in [-0.3, -0.25) is 9.36 Å². The summed E-state index contributed by atoms with van der Waals surface area (Å²) in [5.41, 5.74) is 1.60. The minimum Gasteiger partial charge on any atom is -0.469 e. The second-order valence-corrected chi connectivity index (χ2v) is 8.16. The highest BCUT2D eigenvalue weighted by Crippen LogP contribution is 2.29. The van der Waals surface area contributed by atoms with Gasteiger partial charge in [0.05, 0.1) is 30.2 Å². The van der Waals surface area contributed by atoms with E-state index in [9.17, 15) is 4.79 Å². The van der Waals surface area contributed by atoms with Crippen molar-refractivity contribution in [1.82, 2.24) is 14.8 Å². The van der Waals surface area contributed by atoms with Crippen LogP contribution in [-0.4, -0.2) is 39.1 Å². The molecule has 0 radical (unpaired) electrons. The molecule has 3 heterocycles. The van der Waals surface area contributed by atoms with E-state index in [1.807, 2.05) is 17.6 Å². The molecule has 1 N–H and O–H groups in total. The van der Waals surface area contributed by atoms with Crippen LogP contribution in [0.3, 0.4) is 0 Å². The molecule has 152 valence electrons. The summed E-state index contributed by atoms with van der Waals surface area (Å²) in [7, 11) is 0. The van der Waals surface area contributed by atoms with Crippen LogP contribution in [-0.2, 0) is 16.1 Å². The maximum Gasteiger partial charge on any atom is 0.234 e. The zero-order chi connectivity index (χ0) is 20.2. The Kier molecular flexibility index (Phi) is 6.22. The summed E-state index contributed by atoms with van der Waals surface area (Å²) in [5, 5.41) is 12.9. The highest BCUT2D eigenvalue weighted by molar-refractivity contribution is 7.99. The van der Waals surface area contributed by atoms with Crippen LogP contribution in [0.25, 0.3) is 11.4 Å². The topological polar surface area (TPSA) is 82.2 Å². The van der Waals surface area contributed by atoms with Gasteiger partial charge in [-0.2, -0.15) is 0 Å². The van der Waals surface area contributed by atoms with Crippen molar-refractivity contribution in [2.24, 2.45) is 0 Å². The third-order valence-electron chi connectivity index (χ3n) is 4.69. The second kappa shape index (κ2) is 9.02. The third-order valence-corrected chi connectivity index (χ3v) is 5.91. The SMILES string of the molecule is Cc1occc1-c1nnc(SCC(=O)Nc2ccc(Cl)cc2)n1C[C@H]1CCCO1. The van der Waals surface area contributed by atoms with E-state index in [2.05, 4.69) is 15.5 Å². The smallest absolute Gasteiger partial charge is 0.234 e. The molecule has 0 saturated carbocycles. The number of carbonyl (C=O) groups is 1. The lowest BCUT2D eigenvalue weighted by Crippen LogP contribution is -2.18. The summed E-state index contributed by atoms with van der Waals surface area (Å²) in [5.74, 6) is 1.61. The number of thioether (sulfide) groups is 1. The minimum absolute atomic E-state index is 0.120. The molecule has 0 unspecified atom stereocenters. The molecule has 29 heavy (non-hydrogen) atoms. The number of hydrogen-bond acceptors (Lipinski definition) is 6. The van der Waals surface area contributed by atoms with Crippen LogP contribution in [0.5, 0.6) is 0 Å². The molecule has 1 fully saturated rings. The highest BCUT2D eigenvalue weighted by Gasteiger charge is 2.23. The molecule has 1 saturated heterocycles. The summed E-state index contributed by atoms with van der Waals surface area (Å²) in [6.45, 7) is 3.32. The second-order valence-electron chi connectivity index (χ2n) is 6.79. The number of anilines is 1. The van der Waals surface area contributed by atoms with Crippen LogP contribution >= 0.6 is 23.4 Å². The fourth-order valence-electron chi connectivity index (χ4n) is 3.23. The quantitative estimate of drug-likeness (QED) is 0.557. The van der Waals surface area contributed by atoms with E-state index in [-0.39, 0.29) is 17.8 Å². The molecule has 1 aliphatic heterocycles. The van der Waals surface area contributed by atoms with Crippen LogP contribution in [0.2, 0.25) is 5.02 Å². The highest BCUT2D eigenvalue weighted by atomic mass is 35.5. The molecular weight excluding hydrogens is 412 g/mol. The molecule has 2 aromatic heterocycles. The largest absolute Gasteiger partial charge is 0.469 e. The lowest BCUT2D eigenvalue weighted by atomic mass is 10.2. The normalized spacial score (nSPS) is 16.3. The van der Waals surface area contributed by atoms with E-state index < -0.39 is 0 Å². The van der Waals surface area contributed by atoms with Crippen molar-refractivity contribution >= 4 is 35.0 Å². The van der Waals surface area contributed by atoms with Crippen LogP contribution in [0.1, 0.15) is 18.6 Å². The first-order valence-electron chi connectivity index (χ1n) is 9.37. The number of carbonyl (C=O) groups excluding carboxylic acids is 1. The predicted molar refractivity (Wildman–Crippen MR) is 112 cm³/mol. The van der Waals surface area contributed by atoms with Crippen LogP contribution in [0, 0.1) is 6.92 Å². The van der Waals surface area contributed by atoms with Gasteiger partial charge in [0, 0.05) is 17.3 Å². The van der Waals surface area contributed by atoms with Crippen LogP contribution < -0.4 is 5.32 Å². The zero-order valence-corrected chi connectivity index (χ0v) is 17.5. The first kappa shape index (κ1) is 20.0. The average molecular weight is 433 g/mol. The van der Waals surface area contributed by atoms with Gasteiger partial charge in [-0.15, -0.1) is 10.2 Å². The van der Waals surface area contributed by atoms with Crippen molar-refractivity contribution in [2.45, 2.75) is 37.6 Å². The molecule has 1 aromatic carbocycles. The van der Waals surface area contributed by atoms with E-state index in [0.717, 1.165) is 36.6 Å². The van der Waals surface area contributed by atoms with E-state index in [1.54, 1.807) is 30.5 Å². The Bertz CT molecular complexity index is 980. The molecule has 9 heteroatoms. The lowest BCUT2D eigenvalue weighted by molar-refractivity contribution is -0.113. The van der Waals surface area contributed by atoms with Gasteiger partial charge in [0.2, 0.25) is 5.91 Å². The van der Waals surface area contributed by atoms with Crippen molar-refractivity contribution in [3.8, 4) is 11.4 Å². The number of benzene rings is 1. The molecule has 0 aliphatic carbocycles. The van der Waals surface area contributed by atoms with Gasteiger partial charge in [0.1, 0.15) is 5.76 Å². The molecule has 1 aliphatic rings. The van der Waals surface area contributed by atoms with E-state index in [4.69, 9.17) is 20.8 Å². The van der Waals surface area contributed by atoms with Crippen LogP contribution in [0.15, 0.2) is 46.2 Å². The Morgan fingerprint density at radius 2 is 2.14 bits per heavy atom. The number of ether oxygens (including phenoxy) is 1. The van der Waals surface area contributed by atoms with Crippen molar-refractivity contribution in [1.29, 1.82) is 0 Å². The van der Waals surface area contributed by atoms with Gasteiger partial charge in [0.15, 0.2) is 11.0 Å². The number of aryl methyl sites for hydroxylation is 1. The van der Waals surface area contributed by atoms with E-state index >= 15 is 0 Å². The molecule has 1 amide bonds. The number of furan rings is 1. The summed E-state index contributed by atoms with van der Waals surface area (Å²) < 4.78 is 13.3. The molecule has 0 bridgehead atoms. The number of nitrogens with one attached hydrogen (secondary N) is 1. The van der Waals surface area contributed by atoms with Gasteiger partial charge in [-0.1, -0.05) is 23.4 Å². The molecule has 0 spiro atoms. The summed E-state index contributed by atoms with van der Waals surface area (Å²) in [6, 6.07) is 8.90. The van der Waals surface area contributed by atoms with Gasteiger partial charge < -0.3 is 14.5 Å². The van der Waals surface area contributed by atoms with E-state index in [0.29, 0.717) is 22.4 Å². The number of aromatic nitrogens is 3. The Hall–Kier alpha value is -2.29. The standard InChI is InChI=1S/C20H21ClN4O3S/c1-13-17(8-10-27-13)19-23-24-20(25(19)11-16-3-2-9-28-16)29-12-18(26)22-15-6-4-14(21)5-7-15/h4-8,10,16H,2-3,9,11-12H2,1H3,(H,22,26)/t16-/m1/s1. The maximum absolute atomic E-state index is 12.4. The lowest BCUT2D eigenvalue weighted by Gasteiger charge is -2.14. The van der Waals surface area contributed by atoms with Crippen molar-refractivity contribution < 1.29 is 13.9 Å². The number of halogens is 1. The van der Waals surface area contributed by atoms with Crippen molar-refractivity contribution in [3.63, 3.8) is 0 Å². The Morgan fingerprint density at radius 3 is 2.83 bits per heavy atom. The first-order chi connectivity index (χ1) is 14.1. The molecule has 4 rings (SSSR count). The fraction of sp³-hybridized carbons (Fsp3) is 0.350. The van der Waals surface area contributed by atoms with Gasteiger partial charge in [-0.25, -0.2) is 0 Å². The Balaban J connectivity index is 1.48. The van der Waals surface area contributed by atoms with Crippen LogP contribution in [0.4, 0.5) is 5.69 Å². The molecular formula is C20H21ClN4O3S. The number of nitrogens with zero attached hydrogens (tertiary/aromatic N) is 3. The summed E-state index contributed by atoms with van der Waals surface area (Å²) >= 11 is 7.23. The fourth-order valence-corrected chi connectivity index (χ4v) is 4.10. The monoisotopic (exact) mass is 432 g/mol. The third kappa shape index (κ3) is 4.83. The molecule has 1 atom stereocenters. The Morgan fingerprint density at radius 1 is 1.31 bits per heavy atom. The number of hydrogen-bond donors (Lipinski definition) is 1. The maximum atomic E-state index is 12.4. The number of rotatable bonds is 7. The Labute approximate surface area is 177 Å². The predicted octanol–water partition coefficient (Wildman–Crippen LogP) is 4.41. The van der Waals surface area contributed by atoms with E-state index in [1.165, 1.54) is 11.8 Å². The van der Waals surface area contributed by atoms with Gasteiger partial charge in [0.25, 0.3) is 0 Å².